The van der Waals surface area contributed by atoms with E-state index in [2.05, 4.69) is 26.7 Å². The Balaban J connectivity index is 1.64. The lowest BCUT2D eigenvalue weighted by Gasteiger charge is -2.24. The van der Waals surface area contributed by atoms with E-state index in [0.717, 1.165) is 45.7 Å². The van der Waals surface area contributed by atoms with Crippen molar-refractivity contribution in [2.75, 3.05) is 39.3 Å². The Hall–Kier alpha value is -1.26. The SMILES string of the molecule is CCCCCCCC1=NCCN1CCN1CCN=C1N. The van der Waals surface area contributed by atoms with Crippen LogP contribution < -0.4 is 5.73 Å². The summed E-state index contributed by atoms with van der Waals surface area (Å²) in [6.07, 6.45) is 7.81. The van der Waals surface area contributed by atoms with Crippen molar-refractivity contribution in [2.45, 2.75) is 45.4 Å². The highest BCUT2D eigenvalue weighted by Gasteiger charge is 2.19. The van der Waals surface area contributed by atoms with Crippen LogP contribution in [0.1, 0.15) is 45.4 Å². The first-order valence-corrected chi connectivity index (χ1v) is 8.14. The van der Waals surface area contributed by atoms with Crippen molar-refractivity contribution in [3.63, 3.8) is 0 Å². The summed E-state index contributed by atoms with van der Waals surface area (Å²) in [6.45, 7) is 8.14. The lowest BCUT2D eigenvalue weighted by atomic mass is 10.1. The maximum atomic E-state index is 5.85. The van der Waals surface area contributed by atoms with E-state index in [1.54, 1.807) is 0 Å². The monoisotopic (exact) mass is 279 g/mol. The molecule has 0 aromatic rings. The third-order valence-corrected chi connectivity index (χ3v) is 4.14. The number of aliphatic imine (C=N–C) groups is 2. The van der Waals surface area contributed by atoms with E-state index in [9.17, 15) is 0 Å². The molecule has 5 nitrogen and oxygen atoms in total. The van der Waals surface area contributed by atoms with Gasteiger partial charge in [-0.3, -0.25) is 9.98 Å². The van der Waals surface area contributed by atoms with Gasteiger partial charge < -0.3 is 15.5 Å². The first kappa shape index (κ1) is 15.1. The predicted molar refractivity (Wildman–Crippen MR) is 85.3 cm³/mol. The molecule has 0 bridgehead atoms. The Kier molecular flexibility index (Phi) is 6.15. The van der Waals surface area contributed by atoms with Crippen LogP contribution in [-0.4, -0.2) is 60.9 Å². The van der Waals surface area contributed by atoms with Crippen LogP contribution in [0.4, 0.5) is 0 Å². The summed E-state index contributed by atoms with van der Waals surface area (Å²) in [7, 11) is 0. The van der Waals surface area contributed by atoms with E-state index in [0.29, 0.717) is 5.96 Å². The molecule has 2 N–H and O–H groups in total. The molecule has 0 unspecified atom stereocenters. The average molecular weight is 279 g/mol. The molecule has 0 fully saturated rings. The summed E-state index contributed by atoms with van der Waals surface area (Å²) >= 11 is 0. The smallest absolute Gasteiger partial charge is 0.191 e. The minimum atomic E-state index is 0.710. The summed E-state index contributed by atoms with van der Waals surface area (Å²) in [4.78, 5) is 13.5. The van der Waals surface area contributed by atoms with Gasteiger partial charge in [0.25, 0.3) is 0 Å². The van der Waals surface area contributed by atoms with Crippen molar-refractivity contribution in [1.82, 2.24) is 9.80 Å². The fourth-order valence-electron chi connectivity index (χ4n) is 2.86. The lowest BCUT2D eigenvalue weighted by molar-refractivity contribution is 0.364. The van der Waals surface area contributed by atoms with Crippen molar-refractivity contribution >= 4 is 11.8 Å². The van der Waals surface area contributed by atoms with Gasteiger partial charge in [-0.1, -0.05) is 32.6 Å². The number of nitrogens with two attached hydrogens (primary N) is 1. The molecular formula is C15H29N5. The summed E-state index contributed by atoms with van der Waals surface area (Å²) in [6, 6.07) is 0. The van der Waals surface area contributed by atoms with Crippen LogP contribution in [0, 0.1) is 0 Å². The van der Waals surface area contributed by atoms with Crippen LogP contribution in [-0.2, 0) is 0 Å². The minimum Gasteiger partial charge on any atom is -0.370 e. The molecule has 0 aromatic carbocycles. The van der Waals surface area contributed by atoms with E-state index >= 15 is 0 Å². The second-order valence-corrected chi connectivity index (χ2v) is 5.68. The summed E-state index contributed by atoms with van der Waals surface area (Å²) < 4.78 is 0. The largest absolute Gasteiger partial charge is 0.370 e. The first-order chi connectivity index (χ1) is 9.81. The van der Waals surface area contributed by atoms with Crippen LogP contribution in [0.5, 0.6) is 0 Å². The van der Waals surface area contributed by atoms with Gasteiger partial charge in [0.1, 0.15) is 0 Å². The van der Waals surface area contributed by atoms with Gasteiger partial charge >= 0.3 is 0 Å². The van der Waals surface area contributed by atoms with Crippen molar-refractivity contribution in [3.8, 4) is 0 Å². The minimum absolute atomic E-state index is 0.710. The molecule has 0 aromatic heterocycles. The number of rotatable bonds is 9. The Morgan fingerprint density at radius 3 is 2.40 bits per heavy atom. The third kappa shape index (κ3) is 4.39. The Bertz CT molecular complexity index is 350. The van der Waals surface area contributed by atoms with E-state index in [1.807, 2.05) is 0 Å². The second kappa shape index (κ2) is 8.12. The quantitative estimate of drug-likeness (QED) is 0.653. The van der Waals surface area contributed by atoms with Crippen LogP contribution in [0.25, 0.3) is 0 Å². The highest BCUT2D eigenvalue weighted by atomic mass is 15.3. The van der Waals surface area contributed by atoms with E-state index in [4.69, 9.17) is 5.73 Å². The number of hydrogen-bond acceptors (Lipinski definition) is 5. The topological polar surface area (TPSA) is 57.2 Å². The van der Waals surface area contributed by atoms with Gasteiger partial charge in [-0.05, 0) is 6.42 Å². The molecule has 0 saturated heterocycles. The van der Waals surface area contributed by atoms with Gasteiger partial charge in [-0.15, -0.1) is 0 Å². The van der Waals surface area contributed by atoms with Crippen molar-refractivity contribution in [2.24, 2.45) is 15.7 Å². The van der Waals surface area contributed by atoms with Gasteiger partial charge in [0.2, 0.25) is 0 Å². The highest BCUT2D eigenvalue weighted by molar-refractivity contribution is 5.84. The molecule has 0 amide bonds. The van der Waals surface area contributed by atoms with E-state index in [1.165, 1.54) is 37.9 Å². The number of amidine groups is 1. The summed E-state index contributed by atoms with van der Waals surface area (Å²) in [5, 5.41) is 0. The fourth-order valence-corrected chi connectivity index (χ4v) is 2.86. The van der Waals surface area contributed by atoms with Crippen LogP contribution in [0.2, 0.25) is 0 Å². The van der Waals surface area contributed by atoms with Gasteiger partial charge in [0.05, 0.1) is 18.9 Å². The standard InChI is InChI=1S/C15H29N5/c1-2-3-4-5-6-7-14-17-8-10-19(14)12-13-20-11-9-18-15(20)16/h2-13H2,1H3,(H2,16,18). The number of unbranched alkanes of at least 4 members (excludes halogenated alkanes) is 4. The van der Waals surface area contributed by atoms with Gasteiger partial charge in [-0.25, -0.2) is 0 Å². The molecule has 0 spiro atoms. The molecule has 20 heavy (non-hydrogen) atoms. The van der Waals surface area contributed by atoms with Crippen molar-refractivity contribution in [3.05, 3.63) is 0 Å². The van der Waals surface area contributed by atoms with Crippen LogP contribution >= 0.6 is 0 Å². The normalized spacial score (nSPS) is 18.6. The molecule has 0 atom stereocenters. The number of hydrogen-bond donors (Lipinski definition) is 1. The second-order valence-electron chi connectivity index (χ2n) is 5.68. The molecule has 2 aliphatic rings. The maximum Gasteiger partial charge on any atom is 0.191 e. The predicted octanol–water partition coefficient (Wildman–Crippen LogP) is 1.69. The van der Waals surface area contributed by atoms with E-state index < -0.39 is 0 Å². The zero-order valence-corrected chi connectivity index (χ0v) is 12.9. The average Bonchev–Trinajstić information content (AvgIpc) is 3.05. The van der Waals surface area contributed by atoms with Gasteiger partial charge in [-0.2, -0.15) is 0 Å². The van der Waals surface area contributed by atoms with Gasteiger partial charge in [0.15, 0.2) is 5.96 Å². The van der Waals surface area contributed by atoms with Crippen LogP contribution in [0.15, 0.2) is 9.98 Å². The fraction of sp³-hybridized carbons (Fsp3) is 0.867. The molecule has 114 valence electrons. The molecule has 0 radical (unpaired) electrons. The molecule has 0 saturated carbocycles. The molecular weight excluding hydrogens is 250 g/mol. The van der Waals surface area contributed by atoms with Crippen molar-refractivity contribution in [1.29, 1.82) is 0 Å². The Labute approximate surface area is 122 Å². The van der Waals surface area contributed by atoms with Crippen molar-refractivity contribution < 1.29 is 0 Å². The maximum absolute atomic E-state index is 5.85. The number of nitrogens with zero attached hydrogens (tertiary/aromatic N) is 4. The molecule has 2 heterocycles. The first-order valence-electron chi connectivity index (χ1n) is 8.14. The summed E-state index contributed by atoms with van der Waals surface area (Å²) in [5.74, 6) is 2.03. The van der Waals surface area contributed by atoms with Gasteiger partial charge in [0, 0.05) is 32.6 Å². The molecule has 2 rings (SSSR count). The van der Waals surface area contributed by atoms with Crippen LogP contribution in [0.3, 0.4) is 0 Å². The zero-order valence-electron chi connectivity index (χ0n) is 12.9. The molecule has 2 aliphatic heterocycles. The van der Waals surface area contributed by atoms with E-state index in [-0.39, 0.29) is 0 Å². The Morgan fingerprint density at radius 1 is 0.950 bits per heavy atom. The third-order valence-electron chi connectivity index (χ3n) is 4.14. The molecule has 5 heteroatoms. The zero-order chi connectivity index (χ0) is 14.2. The molecule has 0 aliphatic carbocycles. The summed E-state index contributed by atoms with van der Waals surface area (Å²) in [5.41, 5.74) is 5.85. The highest BCUT2D eigenvalue weighted by Crippen LogP contribution is 2.11. The lowest BCUT2D eigenvalue weighted by Crippen LogP contribution is -2.41. The Morgan fingerprint density at radius 2 is 1.65 bits per heavy atom. The number of guanidine groups is 1.